The van der Waals surface area contributed by atoms with Crippen molar-refractivity contribution in [3.63, 3.8) is 0 Å². The number of nitrogens with one attached hydrogen (secondary N) is 2. The van der Waals surface area contributed by atoms with Crippen molar-refractivity contribution in [2.45, 2.75) is 6.54 Å². The molecule has 2 aromatic heterocycles. The molecule has 0 atom stereocenters. The Morgan fingerprint density at radius 1 is 1.26 bits per heavy atom. The number of nitrogens with zero attached hydrogens (tertiary/aromatic N) is 1. The highest BCUT2D eigenvalue weighted by atomic mass is 35.5. The van der Waals surface area contributed by atoms with Gasteiger partial charge in [0, 0.05) is 22.5 Å². The number of thiophene rings is 1. The number of aromatic amines is 1. The molecule has 0 radical (unpaired) electrons. The van der Waals surface area contributed by atoms with Gasteiger partial charge >= 0.3 is 0 Å². The molecule has 0 unspecified atom stereocenters. The fraction of sp³-hybridized carbons (Fsp3) is 0.0625. The molecule has 0 saturated carbocycles. The molecule has 1 aromatic carbocycles. The Morgan fingerprint density at radius 3 is 2.74 bits per heavy atom. The smallest absolute Gasteiger partial charge is 0.277 e. The van der Waals surface area contributed by atoms with Gasteiger partial charge in [0.15, 0.2) is 0 Å². The van der Waals surface area contributed by atoms with Crippen LogP contribution in [0.25, 0.3) is 11.3 Å². The molecular weight excluding hydrogens is 334 g/mol. The molecule has 0 spiro atoms. The number of carbonyl (C=O) groups excluding carboxylic acids is 1. The summed E-state index contributed by atoms with van der Waals surface area (Å²) in [6.07, 6.45) is 0. The molecular formula is C16H12ClN3O2S. The molecule has 1 amide bonds. The molecule has 116 valence electrons. The second-order valence-corrected chi connectivity index (χ2v) is 6.03. The van der Waals surface area contributed by atoms with E-state index in [0.717, 1.165) is 11.1 Å². The van der Waals surface area contributed by atoms with Crippen molar-refractivity contribution < 1.29 is 4.79 Å². The summed E-state index contributed by atoms with van der Waals surface area (Å²) in [5.41, 5.74) is 1.83. The number of H-pyrrole nitrogens is 1. The molecule has 23 heavy (non-hydrogen) atoms. The molecule has 0 bridgehead atoms. The van der Waals surface area contributed by atoms with Crippen molar-refractivity contribution in [2.24, 2.45) is 0 Å². The van der Waals surface area contributed by atoms with Crippen LogP contribution in [0.2, 0.25) is 5.02 Å². The first-order valence-corrected chi connectivity index (χ1v) is 8.10. The number of rotatable bonds is 4. The highest BCUT2D eigenvalue weighted by Crippen LogP contribution is 2.19. The van der Waals surface area contributed by atoms with E-state index in [1.807, 2.05) is 29.0 Å². The van der Waals surface area contributed by atoms with Crippen LogP contribution in [-0.4, -0.2) is 16.1 Å². The molecule has 2 heterocycles. The molecule has 5 nitrogen and oxygen atoms in total. The summed E-state index contributed by atoms with van der Waals surface area (Å²) in [7, 11) is 0. The van der Waals surface area contributed by atoms with E-state index in [1.165, 1.54) is 17.4 Å². The van der Waals surface area contributed by atoms with Gasteiger partial charge in [-0.15, -0.1) is 0 Å². The van der Waals surface area contributed by atoms with E-state index in [4.69, 9.17) is 11.6 Å². The van der Waals surface area contributed by atoms with Gasteiger partial charge in [-0.05, 0) is 35.2 Å². The van der Waals surface area contributed by atoms with Gasteiger partial charge in [-0.1, -0.05) is 23.7 Å². The summed E-state index contributed by atoms with van der Waals surface area (Å²) < 4.78 is 0. The maximum atomic E-state index is 12.2. The van der Waals surface area contributed by atoms with Crippen molar-refractivity contribution in [2.75, 3.05) is 0 Å². The third-order valence-electron chi connectivity index (χ3n) is 3.23. The summed E-state index contributed by atoms with van der Waals surface area (Å²) in [6.45, 7) is 0.311. The number of aromatic nitrogens is 2. The average molecular weight is 346 g/mol. The Bertz CT molecular complexity index is 873. The van der Waals surface area contributed by atoms with Gasteiger partial charge in [0.05, 0.1) is 5.69 Å². The van der Waals surface area contributed by atoms with Gasteiger partial charge in [0.1, 0.15) is 5.56 Å². The largest absolute Gasteiger partial charge is 0.348 e. The van der Waals surface area contributed by atoms with Gasteiger partial charge in [-0.3, -0.25) is 9.59 Å². The van der Waals surface area contributed by atoms with E-state index in [-0.39, 0.29) is 5.56 Å². The van der Waals surface area contributed by atoms with Crippen molar-refractivity contribution in [3.8, 4) is 11.3 Å². The zero-order chi connectivity index (χ0) is 16.2. The maximum Gasteiger partial charge on any atom is 0.277 e. The van der Waals surface area contributed by atoms with Crippen molar-refractivity contribution >= 4 is 28.8 Å². The van der Waals surface area contributed by atoms with Crippen LogP contribution in [0.1, 0.15) is 15.9 Å². The average Bonchev–Trinajstić information content (AvgIpc) is 3.09. The Balaban J connectivity index is 1.77. The second kappa shape index (κ2) is 6.76. The monoisotopic (exact) mass is 345 g/mol. The topological polar surface area (TPSA) is 74.8 Å². The van der Waals surface area contributed by atoms with Crippen molar-refractivity contribution in [1.82, 2.24) is 15.5 Å². The predicted octanol–water partition coefficient (Wildman–Crippen LogP) is 3.08. The number of carbonyl (C=O) groups is 1. The first-order valence-electron chi connectivity index (χ1n) is 6.78. The number of halogens is 1. The molecule has 2 N–H and O–H groups in total. The van der Waals surface area contributed by atoms with E-state index in [9.17, 15) is 9.59 Å². The SMILES string of the molecule is O=C(NCc1ccc(Cl)cc1)c1cc(-c2ccsc2)n[nH]c1=O. The second-order valence-electron chi connectivity index (χ2n) is 4.82. The standard InChI is InChI=1S/C16H12ClN3O2S/c17-12-3-1-10(2-4-12)8-18-15(21)13-7-14(19-20-16(13)22)11-5-6-23-9-11/h1-7,9H,8H2,(H,18,21)(H,20,22). The first-order chi connectivity index (χ1) is 11.1. The Labute approximate surface area is 140 Å². The van der Waals surface area contributed by atoms with Gasteiger partial charge in [0.25, 0.3) is 11.5 Å². The first kappa shape index (κ1) is 15.5. The molecule has 0 aliphatic carbocycles. The fourth-order valence-electron chi connectivity index (χ4n) is 2.01. The molecule has 0 saturated heterocycles. The Kier molecular flexibility index (Phi) is 4.55. The van der Waals surface area contributed by atoms with Gasteiger partial charge in [-0.2, -0.15) is 16.4 Å². The lowest BCUT2D eigenvalue weighted by Gasteiger charge is -2.06. The van der Waals surface area contributed by atoms with E-state index in [1.54, 1.807) is 12.1 Å². The minimum absolute atomic E-state index is 0.0372. The van der Waals surface area contributed by atoms with Crippen LogP contribution in [0.3, 0.4) is 0 Å². The summed E-state index contributed by atoms with van der Waals surface area (Å²) in [6, 6.07) is 10.5. The minimum Gasteiger partial charge on any atom is -0.348 e. The van der Waals surface area contributed by atoms with E-state index in [2.05, 4.69) is 15.5 Å². The molecule has 7 heteroatoms. The summed E-state index contributed by atoms with van der Waals surface area (Å²) >= 11 is 7.34. The summed E-state index contributed by atoms with van der Waals surface area (Å²) in [5, 5.41) is 13.5. The molecule has 0 fully saturated rings. The molecule has 3 aromatic rings. The number of amides is 1. The number of benzene rings is 1. The lowest BCUT2D eigenvalue weighted by Crippen LogP contribution is -2.29. The lowest BCUT2D eigenvalue weighted by molar-refractivity contribution is 0.0949. The van der Waals surface area contributed by atoms with Crippen LogP contribution in [0, 0.1) is 0 Å². The maximum absolute atomic E-state index is 12.2. The lowest BCUT2D eigenvalue weighted by atomic mass is 10.1. The van der Waals surface area contributed by atoms with Crippen LogP contribution in [0.5, 0.6) is 0 Å². The Hall–Kier alpha value is -2.44. The fourth-order valence-corrected chi connectivity index (χ4v) is 2.79. The minimum atomic E-state index is -0.516. The molecule has 3 rings (SSSR count). The number of hydrogen-bond donors (Lipinski definition) is 2. The quantitative estimate of drug-likeness (QED) is 0.763. The third kappa shape index (κ3) is 3.67. The van der Waals surface area contributed by atoms with Gasteiger partial charge in [0.2, 0.25) is 0 Å². The van der Waals surface area contributed by atoms with Crippen LogP contribution < -0.4 is 10.9 Å². The van der Waals surface area contributed by atoms with Crippen LogP contribution >= 0.6 is 22.9 Å². The molecule has 0 aliphatic rings. The van der Waals surface area contributed by atoms with Gasteiger partial charge < -0.3 is 5.32 Å². The molecule has 0 aliphatic heterocycles. The van der Waals surface area contributed by atoms with E-state index < -0.39 is 11.5 Å². The zero-order valence-electron chi connectivity index (χ0n) is 11.9. The summed E-state index contributed by atoms with van der Waals surface area (Å²) in [5.74, 6) is -0.444. The van der Waals surface area contributed by atoms with Crippen LogP contribution in [0.4, 0.5) is 0 Å². The normalized spacial score (nSPS) is 10.5. The predicted molar refractivity (Wildman–Crippen MR) is 90.8 cm³/mol. The highest BCUT2D eigenvalue weighted by molar-refractivity contribution is 7.08. The summed E-state index contributed by atoms with van der Waals surface area (Å²) in [4.78, 5) is 24.1. The van der Waals surface area contributed by atoms with Crippen molar-refractivity contribution in [3.05, 3.63) is 73.7 Å². The van der Waals surface area contributed by atoms with E-state index in [0.29, 0.717) is 17.3 Å². The van der Waals surface area contributed by atoms with Crippen LogP contribution in [0.15, 0.2) is 52.0 Å². The third-order valence-corrected chi connectivity index (χ3v) is 4.17. The highest BCUT2D eigenvalue weighted by Gasteiger charge is 2.13. The van der Waals surface area contributed by atoms with Crippen molar-refractivity contribution in [1.29, 1.82) is 0 Å². The van der Waals surface area contributed by atoms with Crippen LogP contribution in [-0.2, 0) is 6.54 Å². The Morgan fingerprint density at radius 2 is 2.04 bits per heavy atom. The van der Waals surface area contributed by atoms with Gasteiger partial charge in [-0.25, -0.2) is 5.10 Å². The zero-order valence-corrected chi connectivity index (χ0v) is 13.4. The van der Waals surface area contributed by atoms with E-state index >= 15 is 0 Å². The number of hydrogen-bond acceptors (Lipinski definition) is 4.